The van der Waals surface area contributed by atoms with Crippen molar-refractivity contribution in [1.82, 2.24) is 4.98 Å². The minimum absolute atomic E-state index is 0.159. The van der Waals surface area contributed by atoms with Crippen molar-refractivity contribution in [1.29, 1.82) is 0 Å². The summed E-state index contributed by atoms with van der Waals surface area (Å²) in [5.41, 5.74) is 1.72. The highest BCUT2D eigenvalue weighted by molar-refractivity contribution is 8.00. The first kappa shape index (κ1) is 12.0. The average Bonchev–Trinajstić information content (AvgIpc) is 2.07. The molecule has 0 bridgehead atoms. The van der Waals surface area contributed by atoms with E-state index >= 15 is 0 Å². The Labute approximate surface area is 94.6 Å². The van der Waals surface area contributed by atoms with Crippen LogP contribution in [0, 0.1) is 6.92 Å². The van der Waals surface area contributed by atoms with Crippen molar-refractivity contribution in [2.24, 2.45) is 5.16 Å². The lowest BCUT2D eigenvalue weighted by molar-refractivity contribution is 0.322. The lowest BCUT2D eigenvalue weighted by Crippen LogP contribution is -2.07. The van der Waals surface area contributed by atoms with Gasteiger partial charge in [0.05, 0.1) is 11.2 Å². The van der Waals surface area contributed by atoms with Crippen LogP contribution in [-0.2, 0) is 0 Å². The molecule has 0 aromatic carbocycles. The lowest BCUT2D eigenvalue weighted by atomic mass is 10.2. The zero-order valence-electron chi connectivity index (χ0n) is 9.48. The Morgan fingerprint density at radius 1 is 1.40 bits per heavy atom. The number of aryl methyl sites for hydroxylation is 1. The quantitative estimate of drug-likeness (QED) is 0.363. The van der Waals surface area contributed by atoms with Gasteiger partial charge in [-0.1, -0.05) is 25.9 Å². The molecular weight excluding hydrogens is 208 g/mol. The van der Waals surface area contributed by atoms with Gasteiger partial charge in [-0.25, -0.2) is 4.98 Å². The molecule has 1 N–H and O–H groups in total. The van der Waals surface area contributed by atoms with Gasteiger partial charge in [0.25, 0.3) is 0 Å². The van der Waals surface area contributed by atoms with Crippen molar-refractivity contribution >= 4 is 18.0 Å². The van der Waals surface area contributed by atoms with Crippen LogP contribution in [0.2, 0.25) is 0 Å². The average molecular weight is 224 g/mol. The van der Waals surface area contributed by atoms with Gasteiger partial charge in [0.1, 0.15) is 0 Å². The topological polar surface area (TPSA) is 45.5 Å². The number of thioether (sulfide) groups is 1. The van der Waals surface area contributed by atoms with Gasteiger partial charge < -0.3 is 5.21 Å². The summed E-state index contributed by atoms with van der Waals surface area (Å²) in [4.78, 5) is 4.44. The molecule has 0 unspecified atom stereocenters. The van der Waals surface area contributed by atoms with Gasteiger partial charge in [-0.05, 0) is 19.1 Å². The summed E-state index contributed by atoms with van der Waals surface area (Å²) in [5, 5.41) is 12.4. The van der Waals surface area contributed by atoms with Gasteiger partial charge in [0.15, 0.2) is 0 Å². The van der Waals surface area contributed by atoms with Crippen molar-refractivity contribution in [3.8, 4) is 0 Å². The molecule has 0 aliphatic heterocycles. The molecule has 4 heteroatoms. The first-order valence-corrected chi connectivity index (χ1v) is 5.58. The predicted molar refractivity (Wildman–Crippen MR) is 64.0 cm³/mol. The Morgan fingerprint density at radius 2 is 2.07 bits per heavy atom. The standard InChI is InChI=1S/C11H16N2OS/c1-8-9(7-12-14)5-6-10(13-8)15-11(2,3)4/h5-7,14H,1-4H3/b12-7+. The summed E-state index contributed by atoms with van der Waals surface area (Å²) in [6.07, 6.45) is 1.40. The summed E-state index contributed by atoms with van der Waals surface area (Å²) in [7, 11) is 0. The van der Waals surface area contributed by atoms with Gasteiger partial charge >= 0.3 is 0 Å². The van der Waals surface area contributed by atoms with Gasteiger partial charge in [-0.3, -0.25) is 0 Å². The maximum atomic E-state index is 8.44. The number of nitrogens with zero attached hydrogens (tertiary/aromatic N) is 2. The number of pyridine rings is 1. The molecule has 1 heterocycles. The Bertz CT molecular complexity index is 369. The molecule has 1 rings (SSSR count). The van der Waals surface area contributed by atoms with Crippen LogP contribution in [0.1, 0.15) is 32.0 Å². The molecule has 0 atom stereocenters. The summed E-state index contributed by atoms with van der Waals surface area (Å²) in [6, 6.07) is 3.86. The molecule has 1 aromatic heterocycles. The molecule has 15 heavy (non-hydrogen) atoms. The van der Waals surface area contributed by atoms with E-state index in [4.69, 9.17) is 5.21 Å². The second-order valence-electron chi connectivity index (χ2n) is 4.28. The van der Waals surface area contributed by atoms with Crippen molar-refractivity contribution in [3.05, 3.63) is 23.4 Å². The Morgan fingerprint density at radius 3 is 2.53 bits per heavy atom. The molecular formula is C11H16N2OS. The smallest absolute Gasteiger partial charge is 0.0968 e. The molecule has 0 amide bonds. The van der Waals surface area contributed by atoms with Gasteiger partial charge in [0.2, 0.25) is 0 Å². The number of hydrogen-bond acceptors (Lipinski definition) is 4. The van der Waals surface area contributed by atoms with Crippen molar-refractivity contribution < 1.29 is 5.21 Å². The van der Waals surface area contributed by atoms with Crippen LogP contribution in [0.3, 0.4) is 0 Å². The van der Waals surface area contributed by atoms with Crippen LogP contribution in [0.15, 0.2) is 22.3 Å². The largest absolute Gasteiger partial charge is 0.411 e. The molecule has 0 fully saturated rings. The fraction of sp³-hybridized carbons (Fsp3) is 0.455. The van der Waals surface area contributed by atoms with E-state index in [0.717, 1.165) is 16.3 Å². The molecule has 1 aromatic rings. The molecule has 0 saturated heterocycles. The fourth-order valence-electron chi connectivity index (χ4n) is 1.12. The molecule has 82 valence electrons. The summed E-state index contributed by atoms with van der Waals surface area (Å²) in [5.74, 6) is 0. The van der Waals surface area contributed by atoms with Crippen molar-refractivity contribution in [2.45, 2.75) is 37.5 Å². The Hall–Kier alpha value is -1.03. The zero-order valence-corrected chi connectivity index (χ0v) is 10.3. The number of aromatic nitrogens is 1. The highest BCUT2D eigenvalue weighted by atomic mass is 32.2. The predicted octanol–water partition coefficient (Wildman–Crippen LogP) is 3.09. The third-order valence-electron chi connectivity index (χ3n) is 1.71. The highest BCUT2D eigenvalue weighted by Gasteiger charge is 2.13. The Kier molecular flexibility index (Phi) is 3.74. The van der Waals surface area contributed by atoms with Crippen molar-refractivity contribution in [3.63, 3.8) is 0 Å². The second-order valence-corrected chi connectivity index (χ2v) is 6.13. The molecule has 0 aliphatic rings. The normalized spacial score (nSPS) is 12.3. The molecule has 3 nitrogen and oxygen atoms in total. The van der Waals surface area contributed by atoms with Gasteiger partial charge in [-0.2, -0.15) is 0 Å². The minimum atomic E-state index is 0.159. The minimum Gasteiger partial charge on any atom is -0.411 e. The number of rotatable bonds is 2. The Balaban J connectivity index is 2.92. The lowest BCUT2D eigenvalue weighted by Gasteiger charge is -2.17. The van der Waals surface area contributed by atoms with E-state index in [-0.39, 0.29) is 4.75 Å². The third-order valence-corrected chi connectivity index (χ3v) is 2.76. The van der Waals surface area contributed by atoms with E-state index in [2.05, 4.69) is 30.9 Å². The van der Waals surface area contributed by atoms with Crippen LogP contribution in [0.25, 0.3) is 0 Å². The van der Waals surface area contributed by atoms with Gasteiger partial charge in [-0.15, -0.1) is 11.8 Å². The molecule has 0 aliphatic carbocycles. The summed E-state index contributed by atoms with van der Waals surface area (Å²) >= 11 is 1.72. The SMILES string of the molecule is Cc1nc(SC(C)(C)C)ccc1/C=N/O. The fourth-order valence-corrected chi connectivity index (χ4v) is 2.06. The second kappa shape index (κ2) is 4.66. The first-order chi connectivity index (χ1) is 6.92. The molecule has 0 saturated carbocycles. The van der Waals surface area contributed by atoms with Crippen LogP contribution in [-0.4, -0.2) is 21.2 Å². The highest BCUT2D eigenvalue weighted by Crippen LogP contribution is 2.30. The summed E-state index contributed by atoms with van der Waals surface area (Å²) in [6.45, 7) is 8.36. The van der Waals surface area contributed by atoms with E-state index in [1.54, 1.807) is 11.8 Å². The van der Waals surface area contributed by atoms with Crippen LogP contribution >= 0.6 is 11.8 Å². The monoisotopic (exact) mass is 224 g/mol. The maximum Gasteiger partial charge on any atom is 0.0968 e. The van der Waals surface area contributed by atoms with Crippen LogP contribution in [0.4, 0.5) is 0 Å². The zero-order chi connectivity index (χ0) is 11.5. The van der Waals surface area contributed by atoms with E-state index in [9.17, 15) is 0 Å². The van der Waals surface area contributed by atoms with Crippen LogP contribution < -0.4 is 0 Å². The van der Waals surface area contributed by atoms with Gasteiger partial charge in [0, 0.05) is 16.0 Å². The van der Waals surface area contributed by atoms with Crippen molar-refractivity contribution in [2.75, 3.05) is 0 Å². The first-order valence-electron chi connectivity index (χ1n) is 4.76. The third kappa shape index (κ3) is 3.91. The number of oxime groups is 1. The molecule has 0 radical (unpaired) electrons. The maximum absolute atomic E-state index is 8.44. The van der Waals surface area contributed by atoms with E-state index in [0.29, 0.717) is 0 Å². The van der Waals surface area contributed by atoms with Crippen LogP contribution in [0.5, 0.6) is 0 Å². The van der Waals surface area contributed by atoms with E-state index in [1.807, 2.05) is 19.1 Å². The van der Waals surface area contributed by atoms with E-state index < -0.39 is 0 Å². The summed E-state index contributed by atoms with van der Waals surface area (Å²) < 4.78 is 0.159. The van der Waals surface area contributed by atoms with E-state index in [1.165, 1.54) is 6.21 Å². The number of hydrogen-bond donors (Lipinski definition) is 1. The molecule has 0 spiro atoms.